The molecule has 0 saturated carbocycles. The first-order chi connectivity index (χ1) is 26.8. The van der Waals surface area contributed by atoms with Crippen LogP contribution in [0.5, 0.6) is 0 Å². The number of hydrogen-bond acceptors (Lipinski definition) is 2. The SMILES string of the molecule is c1ccc(-c2ccccc2N(c2ccc3c(c2)sc2ccccc23)c2cc3ccc4cccc5c6cccc7ccc8cccc(c(c2)c3c45)c8c76)cc1. The lowest BCUT2D eigenvalue weighted by molar-refractivity contribution is 1.30. The Morgan fingerprint density at radius 2 is 0.870 bits per heavy atom. The molecule has 0 saturated heterocycles. The van der Waals surface area contributed by atoms with Crippen LogP contribution in [0.1, 0.15) is 0 Å². The van der Waals surface area contributed by atoms with E-state index in [4.69, 9.17) is 0 Å². The van der Waals surface area contributed by atoms with Gasteiger partial charge in [-0.15, -0.1) is 11.3 Å². The number of para-hydroxylation sites is 1. The summed E-state index contributed by atoms with van der Waals surface area (Å²) < 4.78 is 2.60. The number of fused-ring (bicyclic) bond motifs is 5. The quantitative estimate of drug-likeness (QED) is 0.165. The van der Waals surface area contributed by atoms with E-state index in [1.54, 1.807) is 0 Å². The number of benzene rings is 10. The molecule has 1 aromatic heterocycles. The predicted molar refractivity (Wildman–Crippen MR) is 236 cm³/mol. The molecule has 0 fully saturated rings. The summed E-state index contributed by atoms with van der Waals surface area (Å²) in [5.74, 6) is 0. The van der Waals surface area contributed by atoms with Crippen LogP contribution >= 0.6 is 11.3 Å². The van der Waals surface area contributed by atoms with Crippen molar-refractivity contribution in [2.75, 3.05) is 4.90 Å². The van der Waals surface area contributed by atoms with Crippen LogP contribution in [0.2, 0.25) is 0 Å². The first kappa shape index (κ1) is 29.8. The molecule has 2 heteroatoms. The van der Waals surface area contributed by atoms with Gasteiger partial charge in [0.15, 0.2) is 0 Å². The molecule has 12 rings (SSSR count). The summed E-state index contributed by atoms with van der Waals surface area (Å²) in [6.45, 7) is 0. The second-order valence-corrected chi connectivity index (χ2v) is 15.5. The molecule has 0 bridgehead atoms. The molecule has 0 radical (unpaired) electrons. The highest BCUT2D eigenvalue weighted by Gasteiger charge is 2.22. The minimum absolute atomic E-state index is 1.14. The van der Waals surface area contributed by atoms with E-state index in [9.17, 15) is 0 Å². The first-order valence-electron chi connectivity index (χ1n) is 18.6. The molecule has 0 spiro atoms. The van der Waals surface area contributed by atoms with Crippen molar-refractivity contribution >= 4 is 113 Å². The van der Waals surface area contributed by atoms with E-state index in [0.29, 0.717) is 0 Å². The lowest BCUT2D eigenvalue weighted by Gasteiger charge is -2.29. The summed E-state index contributed by atoms with van der Waals surface area (Å²) in [6.07, 6.45) is 0. The van der Waals surface area contributed by atoms with Gasteiger partial charge in [-0.1, -0.05) is 152 Å². The number of rotatable bonds is 4. The van der Waals surface area contributed by atoms with Crippen molar-refractivity contribution in [3.63, 3.8) is 0 Å². The van der Waals surface area contributed by atoms with Gasteiger partial charge in [0.2, 0.25) is 0 Å². The summed E-state index contributed by atoms with van der Waals surface area (Å²) in [5, 5.41) is 18.0. The Morgan fingerprint density at radius 1 is 0.315 bits per heavy atom. The van der Waals surface area contributed by atoms with Crippen molar-refractivity contribution in [3.05, 3.63) is 188 Å². The van der Waals surface area contributed by atoms with Crippen molar-refractivity contribution in [3.8, 4) is 11.1 Å². The average molecular weight is 702 g/mol. The van der Waals surface area contributed by atoms with Crippen LogP contribution in [0.25, 0.3) is 95.9 Å². The molecule has 12 aromatic rings. The number of hydrogen-bond donors (Lipinski definition) is 0. The van der Waals surface area contributed by atoms with Gasteiger partial charge in [-0.2, -0.15) is 0 Å². The summed E-state index contributed by atoms with van der Waals surface area (Å²) in [5.41, 5.74) is 5.81. The zero-order chi connectivity index (χ0) is 35.3. The molecular weight excluding hydrogens is 671 g/mol. The highest BCUT2D eigenvalue weighted by Crippen LogP contribution is 2.48. The third kappa shape index (κ3) is 4.26. The fraction of sp³-hybridized carbons (Fsp3) is 0. The van der Waals surface area contributed by atoms with Gasteiger partial charge < -0.3 is 4.90 Å². The Balaban J connectivity index is 1.25. The first-order valence-corrected chi connectivity index (χ1v) is 19.4. The molecule has 1 heterocycles. The highest BCUT2D eigenvalue weighted by molar-refractivity contribution is 7.25. The van der Waals surface area contributed by atoms with Gasteiger partial charge in [0, 0.05) is 37.1 Å². The molecule has 54 heavy (non-hydrogen) atoms. The molecule has 0 unspecified atom stereocenters. The van der Waals surface area contributed by atoms with Gasteiger partial charge in [0.05, 0.1) is 5.69 Å². The zero-order valence-electron chi connectivity index (χ0n) is 29.3. The molecule has 250 valence electrons. The smallest absolute Gasteiger partial charge is 0.0540 e. The maximum absolute atomic E-state index is 2.49. The molecule has 0 aliphatic carbocycles. The van der Waals surface area contributed by atoms with E-state index >= 15 is 0 Å². The highest BCUT2D eigenvalue weighted by atomic mass is 32.1. The summed E-state index contributed by atoms with van der Waals surface area (Å²) >= 11 is 1.87. The Morgan fingerprint density at radius 3 is 1.59 bits per heavy atom. The molecule has 0 amide bonds. The van der Waals surface area contributed by atoms with Crippen LogP contribution in [0.15, 0.2) is 188 Å². The summed E-state index contributed by atoms with van der Waals surface area (Å²) in [4.78, 5) is 2.49. The van der Waals surface area contributed by atoms with Gasteiger partial charge in [-0.05, 0) is 107 Å². The van der Waals surface area contributed by atoms with E-state index < -0.39 is 0 Å². The van der Waals surface area contributed by atoms with Crippen molar-refractivity contribution in [1.29, 1.82) is 0 Å². The topological polar surface area (TPSA) is 3.24 Å². The number of nitrogens with zero attached hydrogens (tertiary/aromatic N) is 1. The van der Waals surface area contributed by atoms with Crippen molar-refractivity contribution in [2.24, 2.45) is 0 Å². The molecule has 0 aliphatic heterocycles. The van der Waals surface area contributed by atoms with Gasteiger partial charge in [0.25, 0.3) is 0 Å². The molecule has 0 N–H and O–H groups in total. The molecule has 11 aromatic carbocycles. The predicted octanol–water partition coefficient (Wildman–Crippen LogP) is 15.5. The Hall–Kier alpha value is -6.74. The third-order valence-corrected chi connectivity index (χ3v) is 12.7. The second-order valence-electron chi connectivity index (χ2n) is 14.4. The van der Waals surface area contributed by atoms with E-state index in [-0.39, 0.29) is 0 Å². The van der Waals surface area contributed by atoms with Crippen molar-refractivity contribution in [2.45, 2.75) is 0 Å². The number of anilines is 3. The lowest BCUT2D eigenvalue weighted by Crippen LogP contribution is -2.11. The van der Waals surface area contributed by atoms with Crippen LogP contribution in [-0.4, -0.2) is 0 Å². The Kier molecular flexibility index (Phi) is 6.28. The standard InChI is InChI=1S/C52H31NS/c1-2-11-32(12-3-1)39-16-4-6-21-46(39)53(37-27-28-41-40-17-5-7-22-47(40)54-48(41)31-37)38-29-36-26-25-35-14-9-19-43-42-18-8-13-33-23-24-34-15-10-20-44(51(34)49(33)42)45(30-38)52(36)50(35)43/h1-31H. The zero-order valence-corrected chi connectivity index (χ0v) is 30.1. The lowest BCUT2D eigenvalue weighted by atomic mass is 9.87. The molecule has 0 aliphatic rings. The van der Waals surface area contributed by atoms with E-state index in [0.717, 1.165) is 17.1 Å². The summed E-state index contributed by atoms with van der Waals surface area (Å²) in [6, 6.07) is 70.0. The maximum Gasteiger partial charge on any atom is 0.0540 e. The van der Waals surface area contributed by atoms with Crippen LogP contribution < -0.4 is 4.90 Å². The monoisotopic (exact) mass is 701 g/mol. The fourth-order valence-corrected chi connectivity index (χ4v) is 10.3. The fourth-order valence-electron chi connectivity index (χ4n) is 9.21. The van der Waals surface area contributed by atoms with Gasteiger partial charge in [0.1, 0.15) is 0 Å². The second kappa shape index (κ2) is 11.4. The maximum atomic E-state index is 2.49. The van der Waals surface area contributed by atoms with Crippen molar-refractivity contribution in [1.82, 2.24) is 0 Å². The van der Waals surface area contributed by atoms with E-state index in [1.165, 1.54) is 95.9 Å². The Labute approximate surface area is 315 Å². The van der Waals surface area contributed by atoms with Crippen LogP contribution in [0, 0.1) is 0 Å². The average Bonchev–Trinajstić information content (AvgIpc) is 3.60. The largest absolute Gasteiger partial charge is 0.310 e. The van der Waals surface area contributed by atoms with E-state index in [1.807, 2.05) is 11.3 Å². The molecule has 0 atom stereocenters. The Bertz CT molecular complexity index is 3440. The minimum Gasteiger partial charge on any atom is -0.310 e. The van der Waals surface area contributed by atoms with Crippen LogP contribution in [-0.2, 0) is 0 Å². The van der Waals surface area contributed by atoms with E-state index in [2.05, 4.69) is 193 Å². The number of thiophene rings is 1. The van der Waals surface area contributed by atoms with Gasteiger partial charge in [-0.3, -0.25) is 0 Å². The third-order valence-electron chi connectivity index (χ3n) is 11.5. The van der Waals surface area contributed by atoms with Crippen LogP contribution in [0.3, 0.4) is 0 Å². The molecular formula is C52H31NS. The van der Waals surface area contributed by atoms with Gasteiger partial charge in [-0.25, -0.2) is 0 Å². The van der Waals surface area contributed by atoms with Crippen LogP contribution in [0.4, 0.5) is 17.1 Å². The molecule has 1 nitrogen and oxygen atoms in total. The summed E-state index contributed by atoms with van der Waals surface area (Å²) in [7, 11) is 0. The minimum atomic E-state index is 1.14. The normalized spacial score (nSPS) is 12.1. The van der Waals surface area contributed by atoms with Crippen molar-refractivity contribution < 1.29 is 0 Å². The van der Waals surface area contributed by atoms with Gasteiger partial charge >= 0.3 is 0 Å².